The van der Waals surface area contributed by atoms with Crippen LogP contribution in [0.5, 0.6) is 0 Å². The van der Waals surface area contributed by atoms with Gasteiger partial charge in [0.15, 0.2) is 0 Å². The maximum absolute atomic E-state index is 12.5. The highest BCUT2D eigenvalue weighted by Gasteiger charge is 2.21. The minimum absolute atomic E-state index is 0.0694. The molecule has 0 spiro atoms. The highest BCUT2D eigenvalue weighted by molar-refractivity contribution is 7.12. The summed E-state index contributed by atoms with van der Waals surface area (Å²) in [7, 11) is 0. The molecule has 2 aliphatic rings. The Morgan fingerprint density at radius 2 is 2.00 bits per heavy atom. The van der Waals surface area contributed by atoms with Crippen molar-refractivity contribution in [2.24, 2.45) is 0 Å². The van der Waals surface area contributed by atoms with Crippen molar-refractivity contribution in [1.29, 1.82) is 0 Å². The van der Waals surface area contributed by atoms with E-state index in [1.165, 1.54) is 37.0 Å². The van der Waals surface area contributed by atoms with Gasteiger partial charge in [-0.15, -0.1) is 11.3 Å². The Kier molecular flexibility index (Phi) is 4.96. The highest BCUT2D eigenvalue weighted by atomic mass is 32.1. The average Bonchev–Trinajstić information content (AvgIpc) is 2.95. The molecule has 116 valence electrons. The molecule has 0 radical (unpaired) electrons. The van der Waals surface area contributed by atoms with E-state index in [9.17, 15) is 4.79 Å². The van der Waals surface area contributed by atoms with Crippen LogP contribution in [0.2, 0.25) is 0 Å². The quantitative estimate of drug-likeness (QED) is 0.927. The number of hydrogen-bond donors (Lipinski definition) is 1. The molecule has 1 N–H and O–H groups in total. The second-order valence-electron chi connectivity index (χ2n) is 6.36. The van der Waals surface area contributed by atoms with Crippen molar-refractivity contribution >= 4 is 17.2 Å². The van der Waals surface area contributed by atoms with Gasteiger partial charge in [-0.05, 0) is 50.7 Å². The molecule has 1 fully saturated rings. The number of rotatable bonds is 4. The maximum Gasteiger partial charge on any atom is 0.239 e. The van der Waals surface area contributed by atoms with E-state index in [4.69, 9.17) is 0 Å². The first-order chi connectivity index (χ1) is 10.2. The summed E-state index contributed by atoms with van der Waals surface area (Å²) in [5, 5.41) is 3.42. The van der Waals surface area contributed by atoms with Gasteiger partial charge in [0.25, 0.3) is 0 Å². The number of aryl methyl sites for hydroxylation is 2. The predicted molar refractivity (Wildman–Crippen MR) is 87.7 cm³/mol. The summed E-state index contributed by atoms with van der Waals surface area (Å²) in [5.74, 6) is 0.279. The summed E-state index contributed by atoms with van der Waals surface area (Å²) >= 11 is 1.93. The van der Waals surface area contributed by atoms with Gasteiger partial charge in [0, 0.05) is 29.4 Å². The molecule has 0 saturated carbocycles. The van der Waals surface area contributed by atoms with Gasteiger partial charge in [-0.2, -0.15) is 0 Å². The normalized spacial score (nSPS) is 20.1. The molecule has 21 heavy (non-hydrogen) atoms. The first kappa shape index (κ1) is 15.0. The minimum Gasteiger partial charge on any atom is -0.341 e. The molecule has 1 aromatic rings. The Bertz CT molecular complexity index is 467. The van der Waals surface area contributed by atoms with Crippen LogP contribution >= 0.6 is 11.3 Å². The summed E-state index contributed by atoms with van der Waals surface area (Å²) in [6.45, 7) is 4.73. The number of hydrogen-bond acceptors (Lipinski definition) is 3. The second-order valence-corrected chi connectivity index (χ2v) is 7.58. The van der Waals surface area contributed by atoms with Crippen molar-refractivity contribution in [2.75, 3.05) is 13.1 Å². The third-order valence-electron chi connectivity index (χ3n) is 4.67. The van der Waals surface area contributed by atoms with Gasteiger partial charge in [0.05, 0.1) is 6.04 Å². The highest BCUT2D eigenvalue weighted by Crippen LogP contribution is 2.30. The molecule has 3 nitrogen and oxygen atoms in total. The lowest BCUT2D eigenvalue weighted by Gasteiger charge is -2.24. The van der Waals surface area contributed by atoms with Gasteiger partial charge in [0.1, 0.15) is 0 Å². The number of thiophene rings is 1. The smallest absolute Gasteiger partial charge is 0.239 e. The summed E-state index contributed by atoms with van der Waals surface area (Å²) in [4.78, 5) is 17.5. The number of likely N-dealkylation sites (tertiary alicyclic amines) is 1. The van der Waals surface area contributed by atoms with E-state index in [-0.39, 0.29) is 11.9 Å². The van der Waals surface area contributed by atoms with E-state index in [0.717, 1.165) is 32.5 Å². The fraction of sp³-hybridized carbons (Fsp3) is 0.706. The van der Waals surface area contributed by atoms with E-state index in [2.05, 4.69) is 16.3 Å². The van der Waals surface area contributed by atoms with Crippen LogP contribution in [-0.4, -0.2) is 29.9 Å². The number of fused-ring (bicyclic) bond motifs is 1. The monoisotopic (exact) mass is 306 g/mol. The van der Waals surface area contributed by atoms with Gasteiger partial charge in [-0.25, -0.2) is 0 Å². The van der Waals surface area contributed by atoms with Crippen molar-refractivity contribution in [1.82, 2.24) is 10.2 Å². The Hall–Kier alpha value is -0.870. The zero-order chi connectivity index (χ0) is 14.7. The van der Waals surface area contributed by atoms with E-state index >= 15 is 0 Å². The molecule has 0 aromatic carbocycles. The van der Waals surface area contributed by atoms with E-state index in [0.29, 0.717) is 0 Å². The van der Waals surface area contributed by atoms with Gasteiger partial charge < -0.3 is 10.2 Å². The average molecular weight is 306 g/mol. The standard InChI is InChI=1S/C17H26N2OS/c1-13(17(20)19-9-4-2-3-5-10-19)18-12-15-11-14-7-6-8-16(14)21-15/h11,13,18H,2-10,12H2,1H3. The Balaban J connectivity index is 1.50. The molecule has 1 amide bonds. The Labute approximate surface area is 131 Å². The topological polar surface area (TPSA) is 32.3 Å². The second kappa shape index (κ2) is 6.93. The first-order valence-electron chi connectivity index (χ1n) is 8.36. The maximum atomic E-state index is 12.5. The van der Waals surface area contributed by atoms with Crippen LogP contribution in [0.1, 0.15) is 54.3 Å². The molecular weight excluding hydrogens is 280 g/mol. The molecule has 1 atom stereocenters. The fourth-order valence-corrected chi connectivity index (χ4v) is 4.60. The lowest BCUT2D eigenvalue weighted by Crippen LogP contribution is -2.44. The molecule has 0 bridgehead atoms. The zero-order valence-corrected chi connectivity index (χ0v) is 13.8. The third kappa shape index (κ3) is 3.67. The number of carbonyl (C=O) groups excluding carboxylic acids is 1. The van der Waals surface area contributed by atoms with Crippen LogP contribution in [0.4, 0.5) is 0 Å². The molecule has 1 aromatic heterocycles. The van der Waals surface area contributed by atoms with E-state index < -0.39 is 0 Å². The van der Waals surface area contributed by atoms with Crippen molar-refractivity contribution in [2.45, 2.75) is 64.5 Å². The molecule has 3 rings (SSSR count). The van der Waals surface area contributed by atoms with Crippen molar-refractivity contribution in [3.05, 3.63) is 21.4 Å². The molecule has 1 unspecified atom stereocenters. The molecule has 1 aliphatic carbocycles. The minimum atomic E-state index is -0.0694. The Morgan fingerprint density at radius 3 is 2.71 bits per heavy atom. The number of carbonyl (C=O) groups is 1. The van der Waals surface area contributed by atoms with Crippen LogP contribution in [0.15, 0.2) is 6.07 Å². The molecule has 4 heteroatoms. The van der Waals surface area contributed by atoms with Gasteiger partial charge in [-0.1, -0.05) is 12.8 Å². The summed E-state index contributed by atoms with van der Waals surface area (Å²) in [6, 6.07) is 2.27. The largest absolute Gasteiger partial charge is 0.341 e. The van der Waals surface area contributed by atoms with Crippen LogP contribution in [0, 0.1) is 0 Å². The van der Waals surface area contributed by atoms with E-state index in [1.54, 1.807) is 10.4 Å². The first-order valence-corrected chi connectivity index (χ1v) is 9.18. The van der Waals surface area contributed by atoms with Crippen LogP contribution in [0.25, 0.3) is 0 Å². The van der Waals surface area contributed by atoms with Crippen molar-refractivity contribution < 1.29 is 4.79 Å². The zero-order valence-electron chi connectivity index (χ0n) is 13.0. The summed E-state index contributed by atoms with van der Waals surface area (Å²) in [5.41, 5.74) is 1.54. The van der Waals surface area contributed by atoms with Gasteiger partial charge in [-0.3, -0.25) is 4.79 Å². The third-order valence-corrected chi connectivity index (χ3v) is 5.91. The van der Waals surface area contributed by atoms with Gasteiger partial charge in [0.2, 0.25) is 5.91 Å². The summed E-state index contributed by atoms with van der Waals surface area (Å²) < 4.78 is 0. The number of nitrogens with one attached hydrogen (secondary N) is 1. The number of nitrogens with zero attached hydrogens (tertiary/aromatic N) is 1. The number of amides is 1. The van der Waals surface area contributed by atoms with E-state index in [1.807, 2.05) is 18.3 Å². The molecule has 1 aliphatic heterocycles. The van der Waals surface area contributed by atoms with Crippen LogP contribution < -0.4 is 5.32 Å². The van der Waals surface area contributed by atoms with Crippen molar-refractivity contribution in [3.8, 4) is 0 Å². The molecular formula is C17H26N2OS. The fourth-order valence-electron chi connectivity index (χ4n) is 3.38. The Morgan fingerprint density at radius 1 is 1.24 bits per heavy atom. The van der Waals surface area contributed by atoms with Crippen LogP contribution in [0.3, 0.4) is 0 Å². The summed E-state index contributed by atoms with van der Waals surface area (Å²) in [6.07, 6.45) is 8.68. The lowest BCUT2D eigenvalue weighted by atomic mass is 10.2. The van der Waals surface area contributed by atoms with Gasteiger partial charge >= 0.3 is 0 Å². The molecule has 2 heterocycles. The van der Waals surface area contributed by atoms with Crippen molar-refractivity contribution in [3.63, 3.8) is 0 Å². The predicted octanol–water partition coefficient (Wildman–Crippen LogP) is 3.12. The lowest BCUT2D eigenvalue weighted by molar-refractivity contribution is -0.133. The van der Waals surface area contributed by atoms with Crippen LogP contribution in [-0.2, 0) is 24.2 Å². The molecule has 1 saturated heterocycles. The SMILES string of the molecule is CC(NCc1cc2c(s1)CCC2)C(=O)N1CCCCCC1.